The Kier molecular flexibility index (Phi) is 3.35. The molecule has 4 nitrogen and oxygen atoms in total. The van der Waals surface area contributed by atoms with Gasteiger partial charge in [-0.05, 0) is 37.2 Å². The second kappa shape index (κ2) is 4.93. The van der Waals surface area contributed by atoms with Gasteiger partial charge in [0, 0.05) is 18.1 Å². The number of hydrogen-bond donors (Lipinski definition) is 0. The SMILES string of the molecule is Cc1cc(C)c(C#N)c(Sc2cnccn2)n1. The molecule has 84 valence electrons. The Hall–Kier alpha value is -1.93. The Bertz CT molecular complexity index is 575. The van der Waals surface area contributed by atoms with Crippen molar-refractivity contribution in [3.8, 4) is 6.07 Å². The molecular formula is C12H10N4S. The number of aryl methyl sites for hydroxylation is 2. The molecule has 0 saturated heterocycles. The van der Waals surface area contributed by atoms with Gasteiger partial charge >= 0.3 is 0 Å². The van der Waals surface area contributed by atoms with Crippen molar-refractivity contribution in [1.82, 2.24) is 15.0 Å². The maximum absolute atomic E-state index is 9.13. The lowest BCUT2D eigenvalue weighted by molar-refractivity contribution is 1.01. The molecule has 0 aliphatic rings. The van der Waals surface area contributed by atoms with Crippen LogP contribution in [0, 0.1) is 25.2 Å². The third-order valence-electron chi connectivity index (χ3n) is 2.16. The minimum absolute atomic E-state index is 0.603. The highest BCUT2D eigenvalue weighted by Gasteiger charge is 2.10. The number of pyridine rings is 1. The van der Waals surface area contributed by atoms with Crippen molar-refractivity contribution in [1.29, 1.82) is 5.26 Å². The summed E-state index contributed by atoms with van der Waals surface area (Å²) < 4.78 is 0. The van der Waals surface area contributed by atoms with Crippen LogP contribution in [-0.2, 0) is 0 Å². The minimum Gasteiger partial charge on any atom is -0.260 e. The number of rotatable bonds is 2. The summed E-state index contributed by atoms with van der Waals surface area (Å²) in [5.74, 6) is 0. The van der Waals surface area contributed by atoms with Crippen LogP contribution in [0.4, 0.5) is 0 Å². The van der Waals surface area contributed by atoms with Crippen LogP contribution in [0.5, 0.6) is 0 Å². The maximum atomic E-state index is 9.13. The van der Waals surface area contributed by atoms with Gasteiger partial charge in [-0.15, -0.1) is 0 Å². The lowest BCUT2D eigenvalue weighted by Gasteiger charge is -2.06. The van der Waals surface area contributed by atoms with E-state index in [9.17, 15) is 0 Å². The molecule has 0 spiro atoms. The van der Waals surface area contributed by atoms with E-state index in [0.717, 1.165) is 16.3 Å². The van der Waals surface area contributed by atoms with Crippen molar-refractivity contribution in [2.75, 3.05) is 0 Å². The molecule has 17 heavy (non-hydrogen) atoms. The number of hydrogen-bond acceptors (Lipinski definition) is 5. The fraction of sp³-hybridized carbons (Fsp3) is 0.167. The lowest BCUT2D eigenvalue weighted by atomic mass is 10.1. The lowest BCUT2D eigenvalue weighted by Crippen LogP contribution is -1.94. The highest BCUT2D eigenvalue weighted by atomic mass is 32.2. The van der Waals surface area contributed by atoms with E-state index in [1.807, 2.05) is 19.9 Å². The fourth-order valence-corrected chi connectivity index (χ4v) is 2.37. The second-order valence-electron chi connectivity index (χ2n) is 3.52. The van der Waals surface area contributed by atoms with Gasteiger partial charge < -0.3 is 0 Å². The standard InChI is InChI=1S/C12H10N4S/c1-8-5-9(2)16-12(10(8)6-13)17-11-7-14-3-4-15-11/h3-5,7H,1-2H3. The fourth-order valence-electron chi connectivity index (χ4n) is 1.45. The highest BCUT2D eigenvalue weighted by Crippen LogP contribution is 2.28. The second-order valence-corrected chi connectivity index (χ2v) is 4.53. The van der Waals surface area contributed by atoms with Crippen LogP contribution in [0.3, 0.4) is 0 Å². The Labute approximate surface area is 104 Å². The molecule has 2 aromatic heterocycles. The number of nitrogens with zero attached hydrogens (tertiary/aromatic N) is 4. The van der Waals surface area contributed by atoms with Crippen molar-refractivity contribution in [3.63, 3.8) is 0 Å². The van der Waals surface area contributed by atoms with Crippen molar-refractivity contribution >= 4 is 11.8 Å². The van der Waals surface area contributed by atoms with Gasteiger partial charge in [-0.3, -0.25) is 4.98 Å². The first-order valence-corrected chi connectivity index (χ1v) is 5.84. The van der Waals surface area contributed by atoms with E-state index < -0.39 is 0 Å². The number of aromatic nitrogens is 3. The van der Waals surface area contributed by atoms with Crippen molar-refractivity contribution in [2.24, 2.45) is 0 Å². The highest BCUT2D eigenvalue weighted by molar-refractivity contribution is 7.99. The summed E-state index contributed by atoms with van der Waals surface area (Å²) in [6.07, 6.45) is 4.90. The van der Waals surface area contributed by atoms with Gasteiger partial charge in [-0.1, -0.05) is 0 Å². The van der Waals surface area contributed by atoms with Gasteiger partial charge in [-0.2, -0.15) is 5.26 Å². The Balaban J connectivity index is 2.43. The molecule has 0 amide bonds. The third-order valence-corrected chi connectivity index (χ3v) is 3.07. The van der Waals surface area contributed by atoms with Crippen LogP contribution >= 0.6 is 11.8 Å². The molecule has 0 fully saturated rings. The molecule has 0 aliphatic carbocycles. The molecule has 0 saturated carbocycles. The number of nitriles is 1. The predicted molar refractivity (Wildman–Crippen MR) is 64.6 cm³/mol. The van der Waals surface area contributed by atoms with Crippen LogP contribution < -0.4 is 0 Å². The maximum Gasteiger partial charge on any atom is 0.121 e. The minimum atomic E-state index is 0.603. The van der Waals surface area contributed by atoms with Gasteiger partial charge in [0.15, 0.2) is 0 Å². The largest absolute Gasteiger partial charge is 0.260 e. The summed E-state index contributed by atoms with van der Waals surface area (Å²) in [6, 6.07) is 4.08. The zero-order valence-corrected chi connectivity index (χ0v) is 10.3. The van der Waals surface area contributed by atoms with Crippen LogP contribution in [0.25, 0.3) is 0 Å². The van der Waals surface area contributed by atoms with Crippen molar-refractivity contribution < 1.29 is 0 Å². The molecular weight excluding hydrogens is 232 g/mol. The normalized spacial score (nSPS) is 9.94. The molecule has 0 radical (unpaired) electrons. The first-order chi connectivity index (χ1) is 8.20. The summed E-state index contributed by atoms with van der Waals surface area (Å²) in [4.78, 5) is 12.5. The molecule has 5 heteroatoms. The van der Waals surface area contributed by atoms with Crippen LogP contribution in [0.1, 0.15) is 16.8 Å². The van der Waals surface area contributed by atoms with Gasteiger partial charge in [0.1, 0.15) is 16.1 Å². The summed E-state index contributed by atoms with van der Waals surface area (Å²) in [5, 5.41) is 10.6. The van der Waals surface area contributed by atoms with Gasteiger partial charge in [0.25, 0.3) is 0 Å². The predicted octanol–water partition coefficient (Wildman–Crippen LogP) is 2.51. The summed E-state index contributed by atoms with van der Waals surface area (Å²) in [5.41, 5.74) is 2.44. The Morgan fingerprint density at radius 3 is 2.76 bits per heavy atom. The smallest absolute Gasteiger partial charge is 0.121 e. The van der Waals surface area contributed by atoms with Crippen LogP contribution in [0.2, 0.25) is 0 Å². The third kappa shape index (κ3) is 2.60. The summed E-state index contributed by atoms with van der Waals surface area (Å²) in [7, 11) is 0. The molecule has 0 N–H and O–H groups in total. The monoisotopic (exact) mass is 242 g/mol. The van der Waals surface area contributed by atoms with E-state index in [2.05, 4.69) is 21.0 Å². The molecule has 0 aromatic carbocycles. The molecule has 2 aromatic rings. The topological polar surface area (TPSA) is 62.5 Å². The summed E-state index contributed by atoms with van der Waals surface area (Å²) >= 11 is 1.36. The zero-order valence-electron chi connectivity index (χ0n) is 9.51. The Morgan fingerprint density at radius 1 is 1.29 bits per heavy atom. The van der Waals surface area contributed by atoms with Crippen molar-refractivity contribution in [2.45, 2.75) is 23.9 Å². The quantitative estimate of drug-likeness (QED) is 0.809. The van der Waals surface area contributed by atoms with E-state index in [1.54, 1.807) is 18.6 Å². The van der Waals surface area contributed by atoms with E-state index in [1.165, 1.54) is 11.8 Å². The van der Waals surface area contributed by atoms with Gasteiger partial charge in [-0.25, -0.2) is 9.97 Å². The summed E-state index contributed by atoms with van der Waals surface area (Å²) in [6.45, 7) is 3.82. The molecule has 0 bridgehead atoms. The molecule has 2 rings (SSSR count). The van der Waals surface area contributed by atoms with Crippen LogP contribution in [0.15, 0.2) is 34.7 Å². The molecule has 0 atom stereocenters. The molecule has 0 aliphatic heterocycles. The van der Waals surface area contributed by atoms with Crippen molar-refractivity contribution in [3.05, 3.63) is 41.5 Å². The molecule has 0 unspecified atom stereocenters. The average molecular weight is 242 g/mol. The zero-order chi connectivity index (χ0) is 12.3. The Morgan fingerprint density at radius 2 is 2.12 bits per heavy atom. The van der Waals surface area contributed by atoms with E-state index >= 15 is 0 Å². The molecule has 2 heterocycles. The van der Waals surface area contributed by atoms with E-state index in [4.69, 9.17) is 5.26 Å². The van der Waals surface area contributed by atoms with E-state index in [0.29, 0.717) is 10.6 Å². The first kappa shape index (κ1) is 11.6. The van der Waals surface area contributed by atoms with Gasteiger partial charge in [0.05, 0.1) is 11.8 Å². The van der Waals surface area contributed by atoms with E-state index in [-0.39, 0.29) is 0 Å². The van der Waals surface area contributed by atoms with Gasteiger partial charge in [0.2, 0.25) is 0 Å². The first-order valence-electron chi connectivity index (χ1n) is 5.03. The van der Waals surface area contributed by atoms with Crippen LogP contribution in [-0.4, -0.2) is 15.0 Å². The average Bonchev–Trinajstić information content (AvgIpc) is 2.30.